The number of hydrogen-bond acceptors (Lipinski definition) is 8. The Kier molecular flexibility index (Phi) is 4.68. The van der Waals surface area contributed by atoms with E-state index in [0.29, 0.717) is 28.5 Å². The standard InChI is InChI=1S/C21H16N4O3S2/c1-12-16-20(30-17(12)19-23-18(24-28-19)15-4-3-9-29-15)22-11-25(21(16)26)10-13-5-7-14(27-2)8-6-13/h3-9,11H,10H2,1-2H3. The van der Waals surface area contributed by atoms with E-state index in [0.717, 1.165) is 26.6 Å². The molecule has 5 aromatic rings. The largest absolute Gasteiger partial charge is 0.497 e. The number of nitrogens with zero attached hydrogens (tertiary/aromatic N) is 4. The van der Waals surface area contributed by atoms with E-state index in [4.69, 9.17) is 9.26 Å². The van der Waals surface area contributed by atoms with Gasteiger partial charge in [-0.05, 0) is 41.6 Å². The van der Waals surface area contributed by atoms with Crippen molar-refractivity contribution >= 4 is 32.9 Å². The molecule has 0 aliphatic rings. The first-order chi connectivity index (χ1) is 14.6. The number of hydrogen-bond donors (Lipinski definition) is 0. The van der Waals surface area contributed by atoms with Crippen LogP contribution < -0.4 is 10.3 Å². The van der Waals surface area contributed by atoms with E-state index in [-0.39, 0.29) is 5.56 Å². The van der Waals surface area contributed by atoms with E-state index in [9.17, 15) is 4.79 Å². The van der Waals surface area contributed by atoms with Crippen molar-refractivity contribution in [3.63, 3.8) is 0 Å². The van der Waals surface area contributed by atoms with Crippen LogP contribution in [0.3, 0.4) is 0 Å². The van der Waals surface area contributed by atoms with Gasteiger partial charge in [0.2, 0.25) is 5.82 Å². The van der Waals surface area contributed by atoms with Crippen molar-refractivity contribution in [2.45, 2.75) is 13.5 Å². The van der Waals surface area contributed by atoms with Gasteiger partial charge in [-0.3, -0.25) is 9.36 Å². The molecular weight excluding hydrogens is 420 g/mol. The monoisotopic (exact) mass is 436 g/mol. The summed E-state index contributed by atoms with van der Waals surface area (Å²) < 4.78 is 12.3. The Hall–Kier alpha value is -3.30. The lowest BCUT2D eigenvalue weighted by Crippen LogP contribution is -2.21. The lowest BCUT2D eigenvalue weighted by molar-refractivity contribution is 0.414. The predicted molar refractivity (Wildman–Crippen MR) is 117 cm³/mol. The highest BCUT2D eigenvalue weighted by Gasteiger charge is 2.20. The molecule has 0 bridgehead atoms. The van der Waals surface area contributed by atoms with Crippen LogP contribution in [-0.2, 0) is 6.54 Å². The number of methoxy groups -OCH3 is 1. The Labute approximate surface area is 179 Å². The van der Waals surface area contributed by atoms with Crippen LogP contribution in [0.1, 0.15) is 11.1 Å². The summed E-state index contributed by atoms with van der Waals surface area (Å²) in [4.78, 5) is 24.5. The number of fused-ring (bicyclic) bond motifs is 1. The van der Waals surface area contributed by atoms with Crippen molar-refractivity contribution in [2.75, 3.05) is 7.11 Å². The van der Waals surface area contributed by atoms with Crippen LogP contribution in [0.2, 0.25) is 0 Å². The Morgan fingerprint density at radius 2 is 2.03 bits per heavy atom. The van der Waals surface area contributed by atoms with Gasteiger partial charge in [0.05, 0.1) is 35.1 Å². The zero-order chi connectivity index (χ0) is 20.7. The van der Waals surface area contributed by atoms with Crippen LogP contribution in [0.5, 0.6) is 5.75 Å². The summed E-state index contributed by atoms with van der Waals surface area (Å²) >= 11 is 2.93. The summed E-state index contributed by atoms with van der Waals surface area (Å²) in [7, 11) is 1.63. The van der Waals surface area contributed by atoms with Crippen molar-refractivity contribution in [1.82, 2.24) is 19.7 Å². The minimum Gasteiger partial charge on any atom is -0.497 e. The number of ether oxygens (including phenoxy) is 1. The second-order valence-electron chi connectivity index (χ2n) is 6.66. The van der Waals surface area contributed by atoms with Crippen LogP contribution in [0, 0.1) is 6.92 Å². The number of aryl methyl sites for hydroxylation is 1. The molecule has 0 saturated carbocycles. The molecule has 0 atom stereocenters. The second kappa shape index (κ2) is 7.51. The number of benzene rings is 1. The molecule has 30 heavy (non-hydrogen) atoms. The van der Waals surface area contributed by atoms with Gasteiger partial charge in [-0.2, -0.15) is 4.98 Å². The molecule has 0 unspecified atom stereocenters. The molecule has 0 N–H and O–H groups in total. The van der Waals surface area contributed by atoms with Crippen LogP contribution in [0.15, 0.2) is 57.4 Å². The fraction of sp³-hybridized carbons (Fsp3) is 0.143. The Morgan fingerprint density at radius 3 is 2.77 bits per heavy atom. The molecule has 0 radical (unpaired) electrons. The molecule has 7 nitrogen and oxygen atoms in total. The van der Waals surface area contributed by atoms with Crippen LogP contribution in [0.4, 0.5) is 0 Å². The van der Waals surface area contributed by atoms with Gasteiger partial charge in [0, 0.05) is 0 Å². The van der Waals surface area contributed by atoms with Gasteiger partial charge in [-0.15, -0.1) is 22.7 Å². The minimum atomic E-state index is -0.0891. The Morgan fingerprint density at radius 1 is 1.20 bits per heavy atom. The summed E-state index contributed by atoms with van der Waals surface area (Å²) in [5.74, 6) is 1.72. The topological polar surface area (TPSA) is 83.0 Å². The molecule has 0 amide bonds. The highest BCUT2D eigenvalue weighted by molar-refractivity contribution is 7.22. The number of thiophene rings is 2. The summed E-state index contributed by atoms with van der Waals surface area (Å²) in [6.45, 7) is 2.32. The molecule has 9 heteroatoms. The van der Waals surface area contributed by atoms with Crippen LogP contribution in [-0.4, -0.2) is 26.8 Å². The van der Waals surface area contributed by atoms with Gasteiger partial charge in [0.25, 0.3) is 11.4 Å². The molecule has 0 aliphatic carbocycles. The van der Waals surface area contributed by atoms with Crippen LogP contribution in [0.25, 0.3) is 31.7 Å². The number of aromatic nitrogens is 4. The zero-order valence-corrected chi connectivity index (χ0v) is 17.8. The first-order valence-corrected chi connectivity index (χ1v) is 10.8. The van der Waals surface area contributed by atoms with E-state index in [1.54, 1.807) is 29.3 Å². The fourth-order valence-corrected chi connectivity index (χ4v) is 4.94. The fourth-order valence-electron chi connectivity index (χ4n) is 3.23. The lowest BCUT2D eigenvalue weighted by Gasteiger charge is -2.06. The van der Waals surface area contributed by atoms with Crippen molar-refractivity contribution in [2.24, 2.45) is 0 Å². The molecule has 4 aromatic heterocycles. The van der Waals surface area contributed by atoms with Gasteiger partial charge in [-0.1, -0.05) is 23.4 Å². The van der Waals surface area contributed by atoms with E-state index in [1.165, 1.54) is 11.3 Å². The molecule has 0 saturated heterocycles. The summed E-state index contributed by atoms with van der Waals surface area (Å²) in [5.41, 5.74) is 1.71. The maximum atomic E-state index is 13.2. The summed E-state index contributed by atoms with van der Waals surface area (Å²) in [5, 5.41) is 6.62. The highest BCUT2D eigenvalue weighted by atomic mass is 32.1. The predicted octanol–water partition coefficient (Wildman–Crippen LogP) is 4.60. The zero-order valence-electron chi connectivity index (χ0n) is 16.2. The van der Waals surface area contributed by atoms with Crippen molar-refractivity contribution in [3.05, 3.63) is 69.6 Å². The van der Waals surface area contributed by atoms with Crippen molar-refractivity contribution in [1.29, 1.82) is 0 Å². The molecule has 4 heterocycles. The maximum absolute atomic E-state index is 13.2. The highest BCUT2D eigenvalue weighted by Crippen LogP contribution is 2.36. The number of rotatable bonds is 5. The van der Waals surface area contributed by atoms with E-state index >= 15 is 0 Å². The van der Waals surface area contributed by atoms with Gasteiger partial charge in [-0.25, -0.2) is 4.98 Å². The van der Waals surface area contributed by atoms with E-state index in [2.05, 4.69) is 15.1 Å². The van der Waals surface area contributed by atoms with Crippen LogP contribution >= 0.6 is 22.7 Å². The first-order valence-electron chi connectivity index (χ1n) is 9.13. The molecule has 1 aromatic carbocycles. The molecule has 0 spiro atoms. The summed E-state index contributed by atoms with van der Waals surface area (Å²) in [6.07, 6.45) is 1.58. The van der Waals surface area contributed by atoms with Gasteiger partial charge >= 0.3 is 0 Å². The quantitative estimate of drug-likeness (QED) is 0.400. The molecule has 5 rings (SSSR count). The summed E-state index contributed by atoms with van der Waals surface area (Å²) in [6, 6.07) is 11.5. The van der Waals surface area contributed by atoms with Gasteiger partial charge < -0.3 is 9.26 Å². The Bertz CT molecular complexity index is 1380. The third-order valence-electron chi connectivity index (χ3n) is 4.79. The molecule has 0 aliphatic heterocycles. The molecule has 150 valence electrons. The van der Waals surface area contributed by atoms with Crippen molar-refractivity contribution < 1.29 is 9.26 Å². The first kappa shape index (κ1) is 18.7. The average molecular weight is 437 g/mol. The third-order valence-corrected chi connectivity index (χ3v) is 6.84. The van der Waals surface area contributed by atoms with Gasteiger partial charge in [0.1, 0.15) is 10.6 Å². The maximum Gasteiger partial charge on any atom is 0.268 e. The van der Waals surface area contributed by atoms with Gasteiger partial charge in [0.15, 0.2) is 0 Å². The Balaban J connectivity index is 1.53. The van der Waals surface area contributed by atoms with E-state index < -0.39 is 0 Å². The van der Waals surface area contributed by atoms with E-state index in [1.807, 2.05) is 48.7 Å². The molecular formula is C21H16N4O3S2. The minimum absolute atomic E-state index is 0.0891. The normalized spacial score (nSPS) is 11.3. The second-order valence-corrected chi connectivity index (χ2v) is 8.61. The lowest BCUT2D eigenvalue weighted by atomic mass is 10.2. The average Bonchev–Trinajstić information content (AvgIpc) is 3.50. The SMILES string of the molecule is COc1ccc(Cn2cnc3sc(-c4nc(-c5cccs5)no4)c(C)c3c2=O)cc1. The third kappa shape index (κ3) is 3.21. The smallest absolute Gasteiger partial charge is 0.268 e. The van der Waals surface area contributed by atoms with Crippen molar-refractivity contribution in [3.8, 4) is 27.2 Å². The molecule has 0 fully saturated rings.